The molecular formula is C16H21N3O2. The van der Waals surface area contributed by atoms with Gasteiger partial charge in [-0.3, -0.25) is 0 Å². The molecule has 1 aromatic heterocycles. The number of cyclic esters (lactones) is 1. The van der Waals surface area contributed by atoms with E-state index in [1.807, 2.05) is 5.32 Å². The van der Waals surface area contributed by atoms with Crippen molar-refractivity contribution in [2.45, 2.75) is 18.8 Å². The fraction of sp³-hybridized carbons (Fsp3) is 0.438. The Kier molecular flexibility index (Phi) is 2.01. The molecule has 1 aliphatic heterocycles. The van der Waals surface area contributed by atoms with Gasteiger partial charge in [0.25, 0.3) is 0 Å². The Labute approximate surface area is 135 Å². The highest BCUT2D eigenvalue weighted by molar-refractivity contribution is 5.84. The number of nitrogens with zero attached hydrogens (tertiary/aromatic N) is 1. The second-order valence-electron chi connectivity index (χ2n) is 4.86. The molecule has 3 rings (SSSR count). The zero-order chi connectivity index (χ0) is 21.8. The average molecular weight is 295 g/mol. The SMILES string of the molecule is [2H]C([2H])([2H])N(C)CCc1c[nH]c2ccc(C([2H])([2H])[C@]3([2H])NC(=O)OC3([2H])[2H])cc12. The van der Waals surface area contributed by atoms with Gasteiger partial charge in [-0.2, -0.15) is 0 Å². The van der Waals surface area contributed by atoms with E-state index in [-0.39, 0.29) is 12.1 Å². The molecule has 1 saturated heterocycles. The molecule has 0 spiro atoms. The molecule has 0 bridgehead atoms. The molecule has 2 N–H and O–H groups in total. The van der Waals surface area contributed by atoms with Gasteiger partial charge in [-0.25, -0.2) is 4.79 Å². The summed E-state index contributed by atoms with van der Waals surface area (Å²) in [5, 5.41) is 2.58. The van der Waals surface area contributed by atoms with Crippen LogP contribution in [0.15, 0.2) is 24.4 Å². The van der Waals surface area contributed by atoms with Crippen LogP contribution in [-0.2, 0) is 17.5 Å². The highest BCUT2D eigenvalue weighted by Gasteiger charge is 2.22. The fourth-order valence-electron chi connectivity index (χ4n) is 2.20. The number of nitrogens with one attached hydrogen (secondary N) is 2. The number of ether oxygens (including phenoxy) is 1. The van der Waals surface area contributed by atoms with Crippen LogP contribution in [0.2, 0.25) is 0 Å². The van der Waals surface area contributed by atoms with E-state index in [9.17, 15) is 4.79 Å². The lowest BCUT2D eigenvalue weighted by Crippen LogP contribution is -2.28. The van der Waals surface area contributed by atoms with Crippen LogP contribution in [0.3, 0.4) is 0 Å². The van der Waals surface area contributed by atoms with Crippen LogP contribution in [0, 0.1) is 0 Å². The van der Waals surface area contributed by atoms with E-state index >= 15 is 0 Å². The van der Waals surface area contributed by atoms with Gasteiger partial charge >= 0.3 is 6.09 Å². The number of hydrogen-bond acceptors (Lipinski definition) is 3. The van der Waals surface area contributed by atoms with Crippen LogP contribution >= 0.6 is 0 Å². The van der Waals surface area contributed by atoms with Gasteiger partial charge in [0.1, 0.15) is 6.56 Å². The first kappa shape index (κ1) is 7.31. The minimum absolute atomic E-state index is 0.0142. The molecule has 1 aliphatic rings. The molecule has 21 heavy (non-hydrogen) atoms. The highest BCUT2D eigenvalue weighted by Crippen LogP contribution is 2.21. The van der Waals surface area contributed by atoms with E-state index < -0.39 is 32.0 Å². The second kappa shape index (κ2) is 5.77. The van der Waals surface area contributed by atoms with Crippen molar-refractivity contribution in [3.63, 3.8) is 0 Å². The van der Waals surface area contributed by atoms with Gasteiger partial charge in [-0.15, -0.1) is 0 Å². The molecule has 1 aromatic carbocycles. The lowest BCUT2D eigenvalue weighted by Gasteiger charge is -2.09. The molecule has 2 heterocycles. The van der Waals surface area contributed by atoms with Crippen molar-refractivity contribution >= 4 is 17.0 Å². The summed E-state index contributed by atoms with van der Waals surface area (Å²) in [6.45, 7) is -4.86. The Morgan fingerprint density at radius 3 is 3.33 bits per heavy atom. The summed E-state index contributed by atoms with van der Waals surface area (Å²) in [6.07, 6.45) is -1.74. The molecule has 112 valence electrons. The third-order valence-corrected chi connectivity index (χ3v) is 3.23. The standard InChI is InChI=1S/C16H21N3O2/c1-19(2)6-5-12-9-17-15-4-3-11(8-14(12)15)7-13-10-21-16(20)18-13/h3-4,8-9,13,17H,5-7,10H2,1-2H3,(H,18,20)/t13-/m0/s1/i1D3,7D2,10D2,13D. The third kappa shape index (κ3) is 3.19. The Morgan fingerprint density at radius 2 is 2.57 bits per heavy atom. The normalized spacial score (nSPS) is 31.0. The highest BCUT2D eigenvalue weighted by atomic mass is 16.6. The smallest absolute Gasteiger partial charge is 0.407 e. The summed E-state index contributed by atoms with van der Waals surface area (Å²) in [4.78, 5) is 15.8. The number of alkyl carbamates (subject to hydrolysis) is 1. The first-order chi connectivity index (χ1) is 13.2. The fourth-order valence-corrected chi connectivity index (χ4v) is 2.20. The Bertz CT molecular complexity index is 942. The number of carbonyl (C=O) groups is 1. The van der Waals surface area contributed by atoms with Crippen LogP contribution in [0.5, 0.6) is 0 Å². The maximum Gasteiger partial charge on any atom is 0.407 e. The number of hydrogen-bond donors (Lipinski definition) is 2. The lowest BCUT2D eigenvalue weighted by molar-refractivity contribution is 0.177. The molecule has 0 radical (unpaired) electrons. The van der Waals surface area contributed by atoms with Crippen molar-refractivity contribution in [3.8, 4) is 0 Å². The largest absolute Gasteiger partial charge is 0.447 e. The zero-order valence-corrected chi connectivity index (χ0v) is 11.5. The Balaban J connectivity index is 1.96. The summed E-state index contributed by atoms with van der Waals surface area (Å²) in [5.41, 5.74) is 1.42. The van der Waals surface area contributed by atoms with E-state index in [1.165, 1.54) is 24.1 Å². The number of fused-ring (bicyclic) bond motifs is 1. The molecular weight excluding hydrogens is 266 g/mol. The summed E-state index contributed by atoms with van der Waals surface area (Å²) in [5.74, 6) is 0. The molecule has 1 amide bonds. The van der Waals surface area contributed by atoms with Gasteiger partial charge < -0.3 is 19.9 Å². The Hall–Kier alpha value is -2.01. The number of benzene rings is 1. The van der Waals surface area contributed by atoms with E-state index in [0.717, 1.165) is 5.56 Å². The lowest BCUT2D eigenvalue weighted by atomic mass is 10.0. The van der Waals surface area contributed by atoms with Gasteiger partial charge in [0.2, 0.25) is 0 Å². The summed E-state index contributed by atoms with van der Waals surface area (Å²) in [7, 11) is 1.49. The summed E-state index contributed by atoms with van der Waals surface area (Å²) in [6, 6.07) is 1.79. The first-order valence-electron chi connectivity index (χ1n) is 10.5. The number of aromatic nitrogens is 1. The van der Waals surface area contributed by atoms with Crippen molar-refractivity contribution < 1.29 is 20.5 Å². The van der Waals surface area contributed by atoms with Crippen molar-refractivity contribution in [1.82, 2.24) is 15.2 Å². The second-order valence-corrected chi connectivity index (χ2v) is 4.86. The van der Waals surface area contributed by atoms with Crippen LogP contribution in [0.25, 0.3) is 10.9 Å². The van der Waals surface area contributed by atoms with Crippen LogP contribution in [0.1, 0.15) is 22.1 Å². The molecule has 1 atom stereocenters. The van der Waals surface area contributed by atoms with Gasteiger partial charge in [0, 0.05) is 30.5 Å². The quantitative estimate of drug-likeness (QED) is 0.886. The maximum absolute atomic E-state index is 11.5. The molecule has 1 fully saturated rings. The van der Waals surface area contributed by atoms with E-state index in [0.29, 0.717) is 17.3 Å². The number of likely N-dealkylation sites (N-methyl/N-ethyl adjacent to an activating group) is 1. The van der Waals surface area contributed by atoms with E-state index in [2.05, 4.69) is 9.72 Å². The van der Waals surface area contributed by atoms with Gasteiger partial charge in [0.05, 0.1) is 10.1 Å². The van der Waals surface area contributed by atoms with Crippen molar-refractivity contribution in [2.75, 3.05) is 27.1 Å². The molecule has 0 unspecified atom stereocenters. The average Bonchev–Trinajstić information content (AvgIpc) is 3.09. The summed E-state index contributed by atoms with van der Waals surface area (Å²) >= 11 is 0. The number of carbonyl (C=O) groups excluding carboxylic acids is 1. The number of H-pyrrole nitrogens is 1. The Morgan fingerprint density at radius 1 is 1.67 bits per heavy atom. The van der Waals surface area contributed by atoms with Crippen molar-refractivity contribution in [2.24, 2.45) is 0 Å². The third-order valence-electron chi connectivity index (χ3n) is 3.23. The number of amides is 1. The predicted octanol–water partition coefficient (Wildman–Crippen LogP) is 1.92. The number of rotatable bonds is 5. The topological polar surface area (TPSA) is 57.4 Å². The first-order valence-corrected chi connectivity index (χ1v) is 6.52. The minimum Gasteiger partial charge on any atom is -0.447 e. The summed E-state index contributed by atoms with van der Waals surface area (Å²) < 4.78 is 67.4. The van der Waals surface area contributed by atoms with Crippen LogP contribution < -0.4 is 5.32 Å². The molecule has 5 nitrogen and oxygen atoms in total. The minimum atomic E-state index is -2.88. The zero-order valence-electron chi connectivity index (χ0n) is 19.5. The van der Waals surface area contributed by atoms with E-state index in [4.69, 9.17) is 11.0 Å². The molecule has 0 saturated carbocycles. The monoisotopic (exact) mass is 295 g/mol. The van der Waals surface area contributed by atoms with Gasteiger partial charge in [-0.1, -0.05) is 6.07 Å². The molecule has 0 aliphatic carbocycles. The van der Waals surface area contributed by atoms with Crippen molar-refractivity contribution in [1.29, 1.82) is 0 Å². The maximum atomic E-state index is 11.5. The van der Waals surface area contributed by atoms with E-state index in [1.54, 1.807) is 12.3 Å². The predicted molar refractivity (Wildman–Crippen MR) is 82.5 cm³/mol. The van der Waals surface area contributed by atoms with Gasteiger partial charge in [-0.05, 0) is 50.1 Å². The van der Waals surface area contributed by atoms with Gasteiger partial charge in [0.15, 0.2) is 0 Å². The molecule has 2 aromatic rings. The van der Waals surface area contributed by atoms with Crippen molar-refractivity contribution in [3.05, 3.63) is 35.5 Å². The molecule has 5 heteroatoms. The van der Waals surface area contributed by atoms with Crippen LogP contribution in [-0.4, -0.2) is 49.1 Å². The van der Waals surface area contributed by atoms with Crippen LogP contribution in [0.4, 0.5) is 4.79 Å². The number of aromatic amines is 1.